The number of fused-ring (bicyclic) bond motifs is 1. The summed E-state index contributed by atoms with van der Waals surface area (Å²) in [6, 6.07) is 8.65. The first kappa shape index (κ1) is 12.6. The maximum absolute atomic E-state index is 12.0. The first-order valence-corrected chi connectivity index (χ1v) is 7.26. The lowest BCUT2D eigenvalue weighted by atomic mass is 9.83. The molecule has 1 aliphatic carbocycles. The summed E-state index contributed by atoms with van der Waals surface area (Å²) in [5.41, 5.74) is 2.75. The highest BCUT2D eigenvalue weighted by molar-refractivity contribution is 9.09. The average molecular weight is 296 g/mol. The van der Waals surface area contributed by atoms with Crippen molar-refractivity contribution in [1.29, 1.82) is 0 Å². The molecule has 0 radical (unpaired) electrons. The van der Waals surface area contributed by atoms with Crippen molar-refractivity contribution < 1.29 is 4.79 Å². The second-order valence-electron chi connectivity index (χ2n) is 4.77. The molecular formula is C14H18BrNO. The van der Waals surface area contributed by atoms with Crippen LogP contribution in [-0.4, -0.2) is 17.3 Å². The molecule has 1 aromatic carbocycles. The van der Waals surface area contributed by atoms with Gasteiger partial charge in [0.1, 0.15) is 0 Å². The molecule has 2 atom stereocenters. The first-order chi connectivity index (χ1) is 8.20. The van der Waals surface area contributed by atoms with Crippen molar-refractivity contribution in [2.24, 2.45) is 5.92 Å². The fraction of sp³-hybridized carbons (Fsp3) is 0.500. The van der Waals surface area contributed by atoms with Crippen LogP contribution in [0.1, 0.15) is 24.5 Å². The fourth-order valence-corrected chi connectivity index (χ4v) is 2.48. The van der Waals surface area contributed by atoms with Gasteiger partial charge in [0.25, 0.3) is 0 Å². The first-order valence-electron chi connectivity index (χ1n) is 6.14. The highest BCUT2D eigenvalue weighted by Gasteiger charge is 2.24. The van der Waals surface area contributed by atoms with E-state index >= 15 is 0 Å². The molecule has 0 fully saturated rings. The van der Waals surface area contributed by atoms with Crippen LogP contribution >= 0.6 is 15.9 Å². The minimum absolute atomic E-state index is 0.145. The standard InChI is InChI=1S/C14H18BrNO/c1-10(9-15)16-14(17)13-7-6-11-4-2-3-5-12(11)8-13/h2-5,10,13H,6-9H2,1H3,(H,16,17). The van der Waals surface area contributed by atoms with E-state index in [2.05, 4.69) is 45.5 Å². The summed E-state index contributed by atoms with van der Waals surface area (Å²) in [5, 5.41) is 3.85. The van der Waals surface area contributed by atoms with Gasteiger partial charge < -0.3 is 5.32 Å². The van der Waals surface area contributed by atoms with Crippen LogP contribution in [0.3, 0.4) is 0 Å². The molecule has 1 amide bonds. The van der Waals surface area contributed by atoms with Gasteiger partial charge in [0.15, 0.2) is 0 Å². The van der Waals surface area contributed by atoms with Crippen LogP contribution < -0.4 is 5.32 Å². The highest BCUT2D eigenvalue weighted by Crippen LogP contribution is 2.25. The monoisotopic (exact) mass is 295 g/mol. The van der Waals surface area contributed by atoms with Crippen LogP contribution in [0.5, 0.6) is 0 Å². The molecular weight excluding hydrogens is 278 g/mol. The van der Waals surface area contributed by atoms with Crippen LogP contribution in [0.2, 0.25) is 0 Å². The second kappa shape index (κ2) is 5.67. The van der Waals surface area contributed by atoms with Crippen molar-refractivity contribution in [1.82, 2.24) is 5.32 Å². The quantitative estimate of drug-likeness (QED) is 0.854. The normalized spacial score (nSPS) is 20.5. The number of alkyl halides is 1. The summed E-state index contributed by atoms with van der Waals surface area (Å²) in [6.45, 7) is 2.02. The molecule has 1 aliphatic rings. The molecule has 2 rings (SSSR count). The summed E-state index contributed by atoms with van der Waals surface area (Å²) >= 11 is 3.38. The predicted octanol–water partition coefficient (Wildman–Crippen LogP) is 2.69. The van der Waals surface area contributed by atoms with Gasteiger partial charge in [0.05, 0.1) is 0 Å². The van der Waals surface area contributed by atoms with Crippen LogP contribution in [0, 0.1) is 5.92 Å². The number of benzene rings is 1. The van der Waals surface area contributed by atoms with E-state index in [4.69, 9.17) is 0 Å². The Morgan fingerprint density at radius 1 is 1.47 bits per heavy atom. The summed E-state index contributed by atoms with van der Waals surface area (Å²) in [4.78, 5) is 12.0. The molecule has 1 aromatic rings. The number of amides is 1. The smallest absolute Gasteiger partial charge is 0.223 e. The number of nitrogens with one attached hydrogen (secondary N) is 1. The molecule has 2 nitrogen and oxygen atoms in total. The summed E-state index contributed by atoms with van der Waals surface area (Å²) in [7, 11) is 0. The van der Waals surface area contributed by atoms with Crippen molar-refractivity contribution in [3.63, 3.8) is 0 Å². The number of hydrogen-bond donors (Lipinski definition) is 1. The Kier molecular flexibility index (Phi) is 4.21. The zero-order chi connectivity index (χ0) is 12.3. The van der Waals surface area contributed by atoms with Gasteiger partial charge in [0, 0.05) is 17.3 Å². The third-order valence-corrected chi connectivity index (χ3v) is 4.31. The van der Waals surface area contributed by atoms with Crippen molar-refractivity contribution >= 4 is 21.8 Å². The van der Waals surface area contributed by atoms with Crippen LogP contribution in [0.25, 0.3) is 0 Å². The molecule has 2 unspecified atom stereocenters. The molecule has 1 N–H and O–H groups in total. The lowest BCUT2D eigenvalue weighted by molar-refractivity contribution is -0.125. The molecule has 0 bridgehead atoms. The predicted molar refractivity (Wildman–Crippen MR) is 73.4 cm³/mol. The molecule has 3 heteroatoms. The van der Waals surface area contributed by atoms with Crippen LogP contribution in [0.4, 0.5) is 0 Å². The number of aryl methyl sites for hydroxylation is 1. The minimum atomic E-state index is 0.145. The number of hydrogen-bond acceptors (Lipinski definition) is 1. The molecule has 0 heterocycles. The minimum Gasteiger partial charge on any atom is -0.353 e. The van der Waals surface area contributed by atoms with Gasteiger partial charge in [-0.3, -0.25) is 4.79 Å². The van der Waals surface area contributed by atoms with Crippen molar-refractivity contribution in [3.8, 4) is 0 Å². The Bertz CT molecular complexity index is 405. The molecule has 92 valence electrons. The van der Waals surface area contributed by atoms with E-state index in [1.807, 2.05) is 6.92 Å². The third-order valence-electron chi connectivity index (χ3n) is 3.34. The topological polar surface area (TPSA) is 29.1 Å². The summed E-state index contributed by atoms with van der Waals surface area (Å²) < 4.78 is 0. The molecule has 0 aromatic heterocycles. The van der Waals surface area contributed by atoms with Gasteiger partial charge in [-0.1, -0.05) is 40.2 Å². The van der Waals surface area contributed by atoms with Gasteiger partial charge in [-0.05, 0) is 37.3 Å². The maximum Gasteiger partial charge on any atom is 0.223 e. The summed E-state index contributed by atoms with van der Waals surface area (Å²) in [5.74, 6) is 0.345. The van der Waals surface area contributed by atoms with E-state index in [1.54, 1.807) is 0 Å². The summed E-state index contributed by atoms with van der Waals surface area (Å²) in [6.07, 6.45) is 2.88. The molecule has 0 saturated heterocycles. The van der Waals surface area contributed by atoms with Crippen molar-refractivity contribution in [2.45, 2.75) is 32.2 Å². The van der Waals surface area contributed by atoms with E-state index in [0.29, 0.717) is 0 Å². The van der Waals surface area contributed by atoms with Gasteiger partial charge in [-0.15, -0.1) is 0 Å². The van der Waals surface area contributed by atoms with E-state index < -0.39 is 0 Å². The largest absolute Gasteiger partial charge is 0.353 e. The molecule has 0 aliphatic heterocycles. The SMILES string of the molecule is CC(CBr)NC(=O)C1CCc2ccccc2C1. The fourth-order valence-electron chi connectivity index (χ4n) is 2.32. The lowest BCUT2D eigenvalue weighted by Gasteiger charge is -2.25. The van der Waals surface area contributed by atoms with E-state index in [0.717, 1.165) is 24.6 Å². The second-order valence-corrected chi connectivity index (χ2v) is 5.42. The van der Waals surface area contributed by atoms with Gasteiger partial charge in [-0.25, -0.2) is 0 Å². The number of halogens is 1. The van der Waals surface area contributed by atoms with Gasteiger partial charge in [0.2, 0.25) is 5.91 Å². The molecule has 17 heavy (non-hydrogen) atoms. The number of rotatable bonds is 3. The Balaban J connectivity index is 2.00. The number of carbonyl (C=O) groups excluding carboxylic acids is 1. The van der Waals surface area contributed by atoms with Gasteiger partial charge >= 0.3 is 0 Å². The number of carbonyl (C=O) groups is 1. The van der Waals surface area contributed by atoms with Crippen molar-refractivity contribution in [3.05, 3.63) is 35.4 Å². The Morgan fingerprint density at radius 2 is 2.18 bits per heavy atom. The van der Waals surface area contributed by atoms with E-state index in [-0.39, 0.29) is 17.9 Å². The zero-order valence-corrected chi connectivity index (χ0v) is 11.7. The van der Waals surface area contributed by atoms with Gasteiger partial charge in [-0.2, -0.15) is 0 Å². The van der Waals surface area contributed by atoms with E-state index in [1.165, 1.54) is 11.1 Å². The highest BCUT2D eigenvalue weighted by atomic mass is 79.9. The molecule has 0 saturated carbocycles. The average Bonchev–Trinajstić information content (AvgIpc) is 2.38. The maximum atomic E-state index is 12.0. The van der Waals surface area contributed by atoms with E-state index in [9.17, 15) is 4.79 Å². The zero-order valence-electron chi connectivity index (χ0n) is 10.1. The Hall–Kier alpha value is -0.830. The Morgan fingerprint density at radius 3 is 2.88 bits per heavy atom. The van der Waals surface area contributed by atoms with Crippen LogP contribution in [-0.2, 0) is 17.6 Å². The van der Waals surface area contributed by atoms with Crippen LogP contribution in [0.15, 0.2) is 24.3 Å². The lowest BCUT2D eigenvalue weighted by Crippen LogP contribution is -2.40. The Labute approximate surface area is 111 Å². The van der Waals surface area contributed by atoms with Crippen molar-refractivity contribution in [2.75, 3.05) is 5.33 Å². The third kappa shape index (κ3) is 3.09. The molecule has 0 spiro atoms.